The van der Waals surface area contributed by atoms with Gasteiger partial charge in [-0.15, -0.1) is 0 Å². The highest BCUT2D eigenvalue weighted by Gasteiger charge is 2.27. The van der Waals surface area contributed by atoms with E-state index in [1.54, 1.807) is 11.0 Å². The van der Waals surface area contributed by atoms with E-state index in [1.165, 1.54) is 12.1 Å². The predicted octanol–water partition coefficient (Wildman–Crippen LogP) is 2.31. The molecule has 6 nitrogen and oxygen atoms in total. The Morgan fingerprint density at radius 1 is 1.29 bits per heavy atom. The minimum atomic E-state index is -0.834. The molecule has 1 aliphatic heterocycles. The first-order chi connectivity index (χ1) is 10.1. The van der Waals surface area contributed by atoms with Crippen LogP contribution in [0.2, 0.25) is 0 Å². The van der Waals surface area contributed by atoms with Gasteiger partial charge in [0.2, 0.25) is 0 Å². The lowest BCUT2D eigenvalue weighted by Crippen LogP contribution is -2.42. The number of aliphatic hydroxyl groups excluding tert-OH is 1. The smallest absolute Gasteiger partial charge is 0.271 e. The summed E-state index contributed by atoms with van der Waals surface area (Å²) in [6.45, 7) is 0.594. The molecule has 1 unspecified atom stereocenters. The van der Waals surface area contributed by atoms with Gasteiger partial charge in [-0.25, -0.2) is 0 Å². The summed E-state index contributed by atoms with van der Waals surface area (Å²) in [7, 11) is 0. The largest absolute Gasteiger partial charge is 0.487 e. The molecular formula is C15H14N2O4. The molecule has 2 aromatic carbocycles. The maximum atomic E-state index is 10.9. The normalized spacial score (nSPS) is 17.0. The second-order valence-corrected chi connectivity index (χ2v) is 4.81. The number of non-ortho nitro benzene ring substituents is 1. The molecule has 0 radical (unpaired) electrons. The maximum Gasteiger partial charge on any atom is 0.271 e. The SMILES string of the molecule is O=[N+]([O-])c1ccc2c(c1)N(Cc1ccccc1)C(O)CO2. The Morgan fingerprint density at radius 2 is 2.05 bits per heavy atom. The van der Waals surface area contributed by atoms with Crippen LogP contribution in [-0.2, 0) is 6.54 Å². The number of nitro benzene ring substituents is 1. The fourth-order valence-electron chi connectivity index (χ4n) is 2.35. The van der Waals surface area contributed by atoms with Crippen molar-refractivity contribution in [2.24, 2.45) is 0 Å². The first-order valence-corrected chi connectivity index (χ1v) is 6.55. The highest BCUT2D eigenvalue weighted by molar-refractivity contribution is 5.64. The van der Waals surface area contributed by atoms with E-state index in [-0.39, 0.29) is 12.3 Å². The van der Waals surface area contributed by atoms with Crippen LogP contribution in [0.25, 0.3) is 0 Å². The standard InChI is InChI=1S/C15H14N2O4/c18-15-10-21-14-7-6-12(17(19)20)8-13(14)16(15)9-11-4-2-1-3-5-11/h1-8,15,18H,9-10H2. The zero-order chi connectivity index (χ0) is 14.8. The van der Waals surface area contributed by atoms with Crippen molar-refractivity contribution in [2.75, 3.05) is 11.5 Å². The number of nitro groups is 1. The lowest BCUT2D eigenvalue weighted by atomic mass is 10.1. The molecule has 2 aromatic rings. The second-order valence-electron chi connectivity index (χ2n) is 4.81. The molecule has 1 aliphatic rings. The Balaban J connectivity index is 1.97. The van der Waals surface area contributed by atoms with Crippen molar-refractivity contribution in [3.05, 3.63) is 64.2 Å². The predicted molar refractivity (Wildman–Crippen MR) is 77.2 cm³/mol. The molecule has 0 fully saturated rings. The molecule has 0 amide bonds. The van der Waals surface area contributed by atoms with Crippen LogP contribution in [0, 0.1) is 10.1 Å². The monoisotopic (exact) mass is 286 g/mol. The van der Waals surface area contributed by atoms with Gasteiger partial charge in [-0.1, -0.05) is 30.3 Å². The number of hydrogen-bond acceptors (Lipinski definition) is 5. The topological polar surface area (TPSA) is 75.8 Å². The number of nitrogens with zero attached hydrogens (tertiary/aromatic N) is 2. The summed E-state index contributed by atoms with van der Waals surface area (Å²) in [6.07, 6.45) is -0.834. The number of ether oxygens (including phenoxy) is 1. The van der Waals surface area contributed by atoms with Crippen molar-refractivity contribution >= 4 is 11.4 Å². The van der Waals surface area contributed by atoms with E-state index in [1.807, 2.05) is 30.3 Å². The van der Waals surface area contributed by atoms with Crippen molar-refractivity contribution in [3.8, 4) is 5.75 Å². The minimum Gasteiger partial charge on any atom is -0.487 e. The van der Waals surface area contributed by atoms with E-state index in [2.05, 4.69) is 0 Å². The average Bonchev–Trinajstić information content (AvgIpc) is 2.50. The van der Waals surface area contributed by atoms with E-state index in [0.717, 1.165) is 5.56 Å². The molecule has 0 spiro atoms. The summed E-state index contributed by atoms with van der Waals surface area (Å²) in [6, 6.07) is 14.0. The summed E-state index contributed by atoms with van der Waals surface area (Å²) in [5.41, 5.74) is 1.52. The van der Waals surface area contributed by atoms with Crippen LogP contribution in [0.4, 0.5) is 11.4 Å². The van der Waals surface area contributed by atoms with Crippen LogP contribution < -0.4 is 9.64 Å². The van der Waals surface area contributed by atoms with Crippen LogP contribution in [-0.4, -0.2) is 22.9 Å². The Bertz CT molecular complexity index is 660. The summed E-state index contributed by atoms with van der Waals surface area (Å²) in [5.74, 6) is 0.543. The van der Waals surface area contributed by atoms with Gasteiger partial charge >= 0.3 is 0 Å². The molecule has 1 heterocycles. The van der Waals surface area contributed by atoms with Gasteiger partial charge in [0.15, 0.2) is 6.23 Å². The molecule has 21 heavy (non-hydrogen) atoms. The van der Waals surface area contributed by atoms with Gasteiger partial charge in [-0.2, -0.15) is 0 Å². The van der Waals surface area contributed by atoms with E-state index < -0.39 is 11.2 Å². The zero-order valence-corrected chi connectivity index (χ0v) is 11.2. The Labute approximate surface area is 121 Å². The van der Waals surface area contributed by atoms with Gasteiger partial charge in [0.05, 0.1) is 10.6 Å². The molecule has 0 saturated heterocycles. The Hall–Kier alpha value is -2.60. The van der Waals surface area contributed by atoms with Crippen LogP contribution >= 0.6 is 0 Å². The first kappa shape index (κ1) is 13.4. The Kier molecular flexibility index (Phi) is 3.45. The number of aliphatic hydroxyl groups is 1. The third kappa shape index (κ3) is 2.66. The average molecular weight is 286 g/mol. The van der Waals surface area contributed by atoms with E-state index >= 15 is 0 Å². The van der Waals surface area contributed by atoms with Gasteiger partial charge in [0.25, 0.3) is 5.69 Å². The summed E-state index contributed by atoms with van der Waals surface area (Å²) >= 11 is 0. The van der Waals surface area contributed by atoms with Gasteiger partial charge in [0, 0.05) is 18.7 Å². The van der Waals surface area contributed by atoms with Crippen molar-refractivity contribution in [1.29, 1.82) is 0 Å². The van der Waals surface area contributed by atoms with E-state index in [0.29, 0.717) is 18.0 Å². The molecule has 3 rings (SSSR count). The van der Waals surface area contributed by atoms with Gasteiger partial charge < -0.3 is 14.7 Å². The number of rotatable bonds is 3. The van der Waals surface area contributed by atoms with Gasteiger partial charge in [-0.3, -0.25) is 10.1 Å². The van der Waals surface area contributed by atoms with Gasteiger partial charge in [0.1, 0.15) is 12.4 Å². The van der Waals surface area contributed by atoms with Gasteiger partial charge in [-0.05, 0) is 11.6 Å². The summed E-state index contributed by atoms with van der Waals surface area (Å²) < 4.78 is 5.42. The number of benzene rings is 2. The number of anilines is 1. The van der Waals surface area contributed by atoms with Crippen LogP contribution in [0.5, 0.6) is 5.75 Å². The van der Waals surface area contributed by atoms with E-state index in [9.17, 15) is 15.2 Å². The highest BCUT2D eigenvalue weighted by atomic mass is 16.6. The van der Waals surface area contributed by atoms with Crippen molar-refractivity contribution in [3.63, 3.8) is 0 Å². The quantitative estimate of drug-likeness (QED) is 0.692. The van der Waals surface area contributed by atoms with Crippen LogP contribution in [0.15, 0.2) is 48.5 Å². The molecule has 0 aromatic heterocycles. The molecule has 1 atom stereocenters. The van der Waals surface area contributed by atoms with Crippen LogP contribution in [0.1, 0.15) is 5.56 Å². The lowest BCUT2D eigenvalue weighted by Gasteiger charge is -2.35. The lowest BCUT2D eigenvalue weighted by molar-refractivity contribution is -0.384. The Morgan fingerprint density at radius 3 is 2.76 bits per heavy atom. The van der Waals surface area contributed by atoms with E-state index in [4.69, 9.17) is 4.74 Å². The van der Waals surface area contributed by atoms with Crippen molar-refractivity contribution in [1.82, 2.24) is 0 Å². The molecule has 6 heteroatoms. The summed E-state index contributed by atoms with van der Waals surface area (Å²) in [4.78, 5) is 12.2. The fraction of sp³-hybridized carbons (Fsp3) is 0.200. The molecule has 0 saturated carbocycles. The van der Waals surface area contributed by atoms with Crippen molar-refractivity contribution < 1.29 is 14.8 Å². The number of hydrogen-bond donors (Lipinski definition) is 1. The minimum absolute atomic E-state index is 0.0236. The highest BCUT2D eigenvalue weighted by Crippen LogP contribution is 2.37. The first-order valence-electron chi connectivity index (χ1n) is 6.55. The molecule has 108 valence electrons. The maximum absolute atomic E-state index is 10.9. The van der Waals surface area contributed by atoms with Crippen molar-refractivity contribution in [2.45, 2.75) is 12.8 Å². The molecular weight excluding hydrogens is 272 g/mol. The molecule has 0 bridgehead atoms. The molecule has 0 aliphatic carbocycles. The zero-order valence-electron chi connectivity index (χ0n) is 11.2. The fourth-order valence-corrected chi connectivity index (χ4v) is 2.35. The number of fused-ring (bicyclic) bond motifs is 1. The third-order valence-electron chi connectivity index (χ3n) is 3.41. The van der Waals surface area contributed by atoms with Crippen LogP contribution in [0.3, 0.4) is 0 Å². The second kappa shape index (κ2) is 5.41. The summed E-state index contributed by atoms with van der Waals surface area (Å²) in [5, 5.41) is 21.1. The molecule has 1 N–H and O–H groups in total. The third-order valence-corrected chi connectivity index (χ3v) is 3.41.